The molecule has 0 amide bonds. The second-order valence-electron chi connectivity index (χ2n) is 3.69. The number of pyridine rings is 1. The van der Waals surface area contributed by atoms with E-state index in [2.05, 4.69) is 4.98 Å². The smallest absolute Gasteiger partial charge is 0.320 e. The summed E-state index contributed by atoms with van der Waals surface area (Å²) in [5, 5.41) is 9.71. The van der Waals surface area contributed by atoms with Gasteiger partial charge in [-0.15, -0.1) is 24.8 Å². The van der Waals surface area contributed by atoms with Crippen molar-refractivity contribution in [2.75, 3.05) is 0 Å². The first-order valence-corrected chi connectivity index (χ1v) is 4.99. The van der Waals surface area contributed by atoms with Crippen molar-refractivity contribution >= 4 is 41.7 Å². The number of halogens is 2. The minimum atomic E-state index is -0.992. The van der Waals surface area contributed by atoms with Crippen LogP contribution in [0.15, 0.2) is 36.5 Å². The van der Waals surface area contributed by atoms with E-state index < -0.39 is 12.0 Å². The molecule has 1 atom stereocenters. The fourth-order valence-corrected chi connectivity index (χ4v) is 1.57. The third kappa shape index (κ3) is 3.84. The molecule has 0 saturated heterocycles. The highest BCUT2D eigenvalue weighted by molar-refractivity contribution is 5.85. The number of carbonyl (C=O) groups is 1. The van der Waals surface area contributed by atoms with Gasteiger partial charge < -0.3 is 10.8 Å². The number of carboxylic acid groups (broad SMARTS) is 1. The lowest BCUT2D eigenvalue weighted by atomic mass is 10.1. The minimum Gasteiger partial charge on any atom is -0.480 e. The molecule has 6 heteroatoms. The number of hydrogen-bond acceptors (Lipinski definition) is 3. The lowest BCUT2D eigenvalue weighted by Gasteiger charge is -2.06. The average molecular weight is 289 g/mol. The number of benzene rings is 1. The Hall–Kier alpha value is -1.36. The molecule has 0 fully saturated rings. The molecule has 0 spiro atoms. The van der Waals surface area contributed by atoms with Gasteiger partial charge in [-0.25, -0.2) is 0 Å². The van der Waals surface area contributed by atoms with Crippen LogP contribution < -0.4 is 5.73 Å². The maximum absolute atomic E-state index is 10.6. The fourth-order valence-electron chi connectivity index (χ4n) is 1.57. The monoisotopic (exact) mass is 288 g/mol. The van der Waals surface area contributed by atoms with Crippen LogP contribution in [0.2, 0.25) is 0 Å². The second kappa shape index (κ2) is 7.16. The summed E-state index contributed by atoms with van der Waals surface area (Å²) in [6, 6.07) is 8.74. The van der Waals surface area contributed by atoms with Crippen molar-refractivity contribution in [3.63, 3.8) is 0 Å². The molecule has 0 saturated carbocycles. The quantitative estimate of drug-likeness (QED) is 0.906. The standard InChI is InChI=1S/C12H12N2O2.2ClH/c13-10(12(15)16)6-8-5-9-3-1-2-4-11(9)14-7-8;;/h1-5,7,10H,6,13H2,(H,15,16);2*1H/t10-;;/m0../s1. The van der Waals surface area contributed by atoms with Gasteiger partial charge >= 0.3 is 5.97 Å². The summed E-state index contributed by atoms with van der Waals surface area (Å²) >= 11 is 0. The molecule has 0 aliphatic heterocycles. The molecule has 4 nitrogen and oxygen atoms in total. The Morgan fingerprint density at radius 1 is 1.33 bits per heavy atom. The number of nitrogens with two attached hydrogens (primary N) is 1. The first kappa shape index (κ1) is 16.6. The average Bonchev–Trinajstić information content (AvgIpc) is 2.28. The molecule has 1 aromatic heterocycles. The Morgan fingerprint density at radius 2 is 2.00 bits per heavy atom. The molecule has 3 N–H and O–H groups in total. The van der Waals surface area contributed by atoms with Crippen LogP contribution in [0.3, 0.4) is 0 Å². The topological polar surface area (TPSA) is 76.2 Å². The van der Waals surface area contributed by atoms with E-state index >= 15 is 0 Å². The van der Waals surface area contributed by atoms with Gasteiger partial charge in [-0.05, 0) is 24.1 Å². The van der Waals surface area contributed by atoms with Gasteiger partial charge in [0.2, 0.25) is 0 Å². The Bertz CT molecular complexity index is 534. The molecule has 0 unspecified atom stereocenters. The van der Waals surface area contributed by atoms with Crippen molar-refractivity contribution < 1.29 is 9.90 Å². The number of rotatable bonds is 3. The molecule has 0 bridgehead atoms. The summed E-state index contributed by atoms with van der Waals surface area (Å²) in [6.45, 7) is 0. The molecule has 0 radical (unpaired) electrons. The highest BCUT2D eigenvalue weighted by atomic mass is 35.5. The number of carboxylic acids is 1. The third-order valence-electron chi connectivity index (χ3n) is 2.42. The lowest BCUT2D eigenvalue weighted by molar-refractivity contribution is -0.138. The molecule has 0 aliphatic carbocycles. The first-order valence-electron chi connectivity index (χ1n) is 4.99. The summed E-state index contributed by atoms with van der Waals surface area (Å²) in [4.78, 5) is 14.9. The Kier molecular flexibility index (Phi) is 6.62. The highest BCUT2D eigenvalue weighted by Crippen LogP contribution is 2.13. The van der Waals surface area contributed by atoms with E-state index in [0.717, 1.165) is 16.5 Å². The molecule has 1 aromatic carbocycles. The van der Waals surface area contributed by atoms with Crippen LogP contribution >= 0.6 is 24.8 Å². The zero-order chi connectivity index (χ0) is 11.5. The van der Waals surface area contributed by atoms with E-state index in [0.29, 0.717) is 6.42 Å². The van der Waals surface area contributed by atoms with Gasteiger partial charge in [-0.1, -0.05) is 18.2 Å². The van der Waals surface area contributed by atoms with Gasteiger partial charge in [0.15, 0.2) is 0 Å². The summed E-state index contributed by atoms with van der Waals surface area (Å²) in [6.07, 6.45) is 1.97. The maximum Gasteiger partial charge on any atom is 0.320 e. The van der Waals surface area contributed by atoms with Crippen LogP contribution in [0.25, 0.3) is 10.9 Å². The second-order valence-corrected chi connectivity index (χ2v) is 3.69. The number of aromatic nitrogens is 1. The molecule has 18 heavy (non-hydrogen) atoms. The third-order valence-corrected chi connectivity index (χ3v) is 2.42. The molecule has 0 aliphatic rings. The van der Waals surface area contributed by atoms with Gasteiger partial charge in [0.25, 0.3) is 0 Å². The van der Waals surface area contributed by atoms with Crippen molar-refractivity contribution in [2.45, 2.75) is 12.5 Å². The maximum atomic E-state index is 10.6. The highest BCUT2D eigenvalue weighted by Gasteiger charge is 2.12. The van der Waals surface area contributed by atoms with Crippen molar-refractivity contribution in [1.82, 2.24) is 4.98 Å². The zero-order valence-electron chi connectivity index (χ0n) is 9.45. The Labute approximate surface area is 117 Å². The molecule has 98 valence electrons. The van der Waals surface area contributed by atoms with E-state index in [-0.39, 0.29) is 24.8 Å². The van der Waals surface area contributed by atoms with Crippen LogP contribution in [0, 0.1) is 0 Å². The van der Waals surface area contributed by atoms with E-state index in [4.69, 9.17) is 10.8 Å². The first-order chi connectivity index (χ1) is 7.66. The van der Waals surface area contributed by atoms with Gasteiger partial charge in [0.1, 0.15) is 6.04 Å². The summed E-state index contributed by atoms with van der Waals surface area (Å²) in [5.74, 6) is -0.992. The molecule has 2 rings (SSSR count). The van der Waals surface area contributed by atoms with Crippen LogP contribution in [0.1, 0.15) is 5.56 Å². The van der Waals surface area contributed by atoms with Crippen molar-refractivity contribution in [1.29, 1.82) is 0 Å². The minimum absolute atomic E-state index is 0. The molecular weight excluding hydrogens is 275 g/mol. The van der Waals surface area contributed by atoms with Gasteiger partial charge in [0, 0.05) is 11.6 Å². The van der Waals surface area contributed by atoms with Crippen LogP contribution in [0.5, 0.6) is 0 Å². The summed E-state index contributed by atoms with van der Waals surface area (Å²) in [7, 11) is 0. The lowest BCUT2D eigenvalue weighted by Crippen LogP contribution is -2.32. The van der Waals surface area contributed by atoms with E-state index in [9.17, 15) is 4.79 Å². The van der Waals surface area contributed by atoms with Gasteiger partial charge in [0.05, 0.1) is 5.52 Å². The number of fused-ring (bicyclic) bond motifs is 1. The predicted octanol–water partition coefficient (Wildman–Crippen LogP) is 2.03. The van der Waals surface area contributed by atoms with Gasteiger partial charge in [-0.3, -0.25) is 9.78 Å². The largest absolute Gasteiger partial charge is 0.480 e. The van der Waals surface area contributed by atoms with Crippen molar-refractivity contribution in [3.8, 4) is 0 Å². The molecular formula is C12H14Cl2N2O2. The number of aliphatic carboxylic acids is 1. The van der Waals surface area contributed by atoms with Gasteiger partial charge in [-0.2, -0.15) is 0 Å². The normalized spacial score (nSPS) is 11.2. The molecule has 2 aromatic rings. The Balaban J connectivity index is 0.00000144. The van der Waals surface area contributed by atoms with E-state index in [1.165, 1.54) is 0 Å². The SMILES string of the molecule is Cl.Cl.N[C@@H](Cc1cnc2ccccc2c1)C(=O)O. The van der Waals surface area contributed by atoms with Crippen LogP contribution in [-0.4, -0.2) is 22.1 Å². The predicted molar refractivity (Wildman–Crippen MR) is 75.6 cm³/mol. The summed E-state index contributed by atoms with van der Waals surface area (Å²) < 4.78 is 0. The Morgan fingerprint density at radius 3 is 2.67 bits per heavy atom. The van der Waals surface area contributed by atoms with E-state index in [1.54, 1.807) is 6.20 Å². The number of nitrogens with zero attached hydrogens (tertiary/aromatic N) is 1. The van der Waals surface area contributed by atoms with Crippen molar-refractivity contribution in [3.05, 3.63) is 42.1 Å². The molecule has 1 heterocycles. The van der Waals surface area contributed by atoms with Crippen LogP contribution in [-0.2, 0) is 11.2 Å². The number of hydrogen-bond donors (Lipinski definition) is 2. The van der Waals surface area contributed by atoms with E-state index in [1.807, 2.05) is 30.3 Å². The van der Waals surface area contributed by atoms with Crippen LogP contribution in [0.4, 0.5) is 0 Å². The number of para-hydroxylation sites is 1. The van der Waals surface area contributed by atoms with Crippen molar-refractivity contribution in [2.24, 2.45) is 5.73 Å². The fraction of sp³-hybridized carbons (Fsp3) is 0.167. The summed E-state index contributed by atoms with van der Waals surface area (Å²) in [5.41, 5.74) is 7.20. The zero-order valence-corrected chi connectivity index (χ0v) is 11.1.